The van der Waals surface area contributed by atoms with Gasteiger partial charge >= 0.3 is 0 Å². The van der Waals surface area contributed by atoms with Crippen LogP contribution in [0.1, 0.15) is 6.92 Å². The third kappa shape index (κ3) is 2.92. The van der Waals surface area contributed by atoms with E-state index in [-0.39, 0.29) is 0 Å². The number of rotatable bonds is 4. The molecule has 0 aliphatic rings. The van der Waals surface area contributed by atoms with Crippen molar-refractivity contribution in [3.8, 4) is 5.75 Å². The molecule has 0 saturated carbocycles. The third-order valence-corrected chi connectivity index (χ3v) is 3.40. The minimum Gasteiger partial charge on any atom is -0.494 e. The van der Waals surface area contributed by atoms with Crippen LogP contribution in [0.25, 0.3) is 10.9 Å². The van der Waals surface area contributed by atoms with Crippen LogP contribution in [0.3, 0.4) is 0 Å². The van der Waals surface area contributed by atoms with Gasteiger partial charge in [0.05, 0.1) is 17.3 Å². The van der Waals surface area contributed by atoms with Gasteiger partial charge in [0.25, 0.3) is 0 Å². The first-order chi connectivity index (χ1) is 10.3. The molecule has 0 saturated heterocycles. The zero-order valence-electron chi connectivity index (χ0n) is 11.6. The molecule has 1 N–H and O–H groups in total. The summed E-state index contributed by atoms with van der Waals surface area (Å²) < 4.78 is 5.40. The molecule has 1 heterocycles. The maximum absolute atomic E-state index is 5.40. The molecule has 5 heteroatoms. The van der Waals surface area contributed by atoms with Crippen LogP contribution in [0.5, 0.6) is 5.75 Å². The van der Waals surface area contributed by atoms with Gasteiger partial charge in [-0.25, -0.2) is 0 Å². The van der Waals surface area contributed by atoms with Gasteiger partial charge in [0.2, 0.25) is 0 Å². The Morgan fingerprint density at radius 3 is 2.57 bits per heavy atom. The van der Waals surface area contributed by atoms with E-state index in [1.54, 1.807) is 0 Å². The van der Waals surface area contributed by atoms with E-state index in [1.807, 2.05) is 55.5 Å². The normalized spacial score (nSPS) is 11.3. The highest BCUT2D eigenvalue weighted by molar-refractivity contribution is 7.80. The van der Waals surface area contributed by atoms with E-state index < -0.39 is 0 Å². The van der Waals surface area contributed by atoms with Gasteiger partial charge in [-0.2, -0.15) is 5.11 Å². The van der Waals surface area contributed by atoms with Gasteiger partial charge in [-0.15, -0.1) is 17.7 Å². The Bertz CT molecular complexity index is 778. The van der Waals surface area contributed by atoms with Crippen LogP contribution in [0.15, 0.2) is 63.8 Å². The largest absolute Gasteiger partial charge is 0.494 e. The van der Waals surface area contributed by atoms with Gasteiger partial charge in [0.1, 0.15) is 11.4 Å². The molecule has 0 radical (unpaired) electrons. The van der Waals surface area contributed by atoms with Crippen molar-refractivity contribution in [2.24, 2.45) is 10.2 Å². The first-order valence-corrected chi connectivity index (χ1v) is 7.17. The standard InChI is InChI=1S/C16H15N3OS/c1-2-20-12-9-7-11(8-10-12)18-19-15-13-5-3-4-6-14(13)17-16(15)21/h3-10,17,21H,2H2,1H3. The second-order valence-corrected chi connectivity index (χ2v) is 4.94. The highest BCUT2D eigenvalue weighted by Crippen LogP contribution is 2.33. The molecule has 0 fully saturated rings. The van der Waals surface area contributed by atoms with Gasteiger partial charge in [0, 0.05) is 10.9 Å². The fraction of sp³-hybridized carbons (Fsp3) is 0.125. The summed E-state index contributed by atoms with van der Waals surface area (Å²) in [5.41, 5.74) is 2.53. The average Bonchev–Trinajstić information content (AvgIpc) is 2.82. The summed E-state index contributed by atoms with van der Waals surface area (Å²) in [4.78, 5) is 3.18. The monoisotopic (exact) mass is 297 g/mol. The van der Waals surface area contributed by atoms with E-state index in [1.165, 1.54) is 0 Å². The topological polar surface area (TPSA) is 49.7 Å². The number of hydrogen-bond donors (Lipinski definition) is 2. The number of para-hydroxylation sites is 1. The number of azo groups is 1. The average molecular weight is 297 g/mol. The van der Waals surface area contributed by atoms with Crippen molar-refractivity contribution >= 4 is 34.9 Å². The van der Waals surface area contributed by atoms with E-state index in [9.17, 15) is 0 Å². The van der Waals surface area contributed by atoms with Crippen LogP contribution in [-0.4, -0.2) is 11.6 Å². The summed E-state index contributed by atoms with van der Waals surface area (Å²) in [7, 11) is 0. The Morgan fingerprint density at radius 1 is 1.05 bits per heavy atom. The zero-order chi connectivity index (χ0) is 14.7. The first-order valence-electron chi connectivity index (χ1n) is 6.72. The smallest absolute Gasteiger partial charge is 0.125 e. The van der Waals surface area contributed by atoms with Crippen molar-refractivity contribution in [3.05, 3.63) is 48.5 Å². The van der Waals surface area contributed by atoms with E-state index in [0.29, 0.717) is 11.6 Å². The maximum Gasteiger partial charge on any atom is 0.125 e. The van der Waals surface area contributed by atoms with Crippen molar-refractivity contribution in [1.29, 1.82) is 0 Å². The molecule has 3 aromatic rings. The summed E-state index contributed by atoms with van der Waals surface area (Å²) in [5, 5.41) is 10.3. The highest BCUT2D eigenvalue weighted by atomic mass is 32.1. The Labute approximate surface area is 128 Å². The lowest BCUT2D eigenvalue weighted by Crippen LogP contribution is -1.89. The molecule has 0 spiro atoms. The molecular formula is C16H15N3OS. The molecule has 0 bridgehead atoms. The summed E-state index contributed by atoms with van der Waals surface area (Å²) in [5.74, 6) is 0.832. The van der Waals surface area contributed by atoms with Gasteiger partial charge in [-0.05, 0) is 37.3 Å². The Kier molecular flexibility index (Phi) is 3.92. The van der Waals surface area contributed by atoms with Crippen molar-refractivity contribution in [3.63, 3.8) is 0 Å². The summed E-state index contributed by atoms with van der Waals surface area (Å²) in [6, 6.07) is 15.5. The van der Waals surface area contributed by atoms with Crippen LogP contribution in [-0.2, 0) is 0 Å². The Hall–Kier alpha value is -2.27. The Balaban J connectivity index is 1.89. The maximum atomic E-state index is 5.40. The summed E-state index contributed by atoms with van der Waals surface area (Å²) in [6.45, 7) is 2.61. The molecule has 0 amide bonds. The highest BCUT2D eigenvalue weighted by Gasteiger charge is 2.07. The van der Waals surface area contributed by atoms with E-state index >= 15 is 0 Å². The molecule has 0 atom stereocenters. The quantitative estimate of drug-likeness (QED) is 0.500. The lowest BCUT2D eigenvalue weighted by molar-refractivity contribution is 0.340. The van der Waals surface area contributed by atoms with E-state index in [2.05, 4.69) is 27.8 Å². The number of benzene rings is 2. The van der Waals surface area contributed by atoms with Gasteiger partial charge in [0.15, 0.2) is 0 Å². The predicted molar refractivity (Wildman–Crippen MR) is 87.3 cm³/mol. The number of fused-ring (bicyclic) bond motifs is 1. The number of ether oxygens (including phenoxy) is 1. The zero-order valence-corrected chi connectivity index (χ0v) is 12.5. The number of thiol groups is 1. The van der Waals surface area contributed by atoms with Crippen molar-refractivity contribution in [2.45, 2.75) is 11.9 Å². The molecule has 1 aromatic heterocycles. The number of hydrogen-bond acceptors (Lipinski definition) is 4. The summed E-state index contributed by atoms with van der Waals surface area (Å²) in [6.07, 6.45) is 0. The minimum atomic E-state index is 0.652. The molecule has 106 valence electrons. The molecule has 0 unspecified atom stereocenters. The molecular weight excluding hydrogens is 282 g/mol. The summed E-state index contributed by atoms with van der Waals surface area (Å²) >= 11 is 4.42. The lowest BCUT2D eigenvalue weighted by atomic mass is 10.2. The second-order valence-electron chi connectivity index (χ2n) is 4.49. The van der Waals surface area contributed by atoms with Crippen molar-refractivity contribution < 1.29 is 4.74 Å². The molecule has 3 rings (SSSR count). The van der Waals surface area contributed by atoms with Crippen LogP contribution < -0.4 is 4.74 Å². The molecule has 0 aliphatic carbocycles. The van der Waals surface area contributed by atoms with Crippen LogP contribution in [0, 0.1) is 0 Å². The van der Waals surface area contributed by atoms with Crippen LogP contribution in [0.2, 0.25) is 0 Å². The van der Waals surface area contributed by atoms with Crippen LogP contribution >= 0.6 is 12.6 Å². The van der Waals surface area contributed by atoms with Gasteiger partial charge in [-0.1, -0.05) is 18.2 Å². The Morgan fingerprint density at radius 2 is 1.81 bits per heavy atom. The number of nitrogens with one attached hydrogen (secondary N) is 1. The predicted octanol–water partition coefficient (Wildman–Crippen LogP) is 5.27. The number of H-pyrrole nitrogens is 1. The number of nitrogens with zero attached hydrogens (tertiary/aromatic N) is 2. The molecule has 2 aromatic carbocycles. The minimum absolute atomic E-state index is 0.652. The first kappa shape index (κ1) is 13.7. The van der Waals surface area contributed by atoms with Gasteiger partial charge in [-0.3, -0.25) is 0 Å². The number of aromatic amines is 1. The third-order valence-electron chi connectivity index (χ3n) is 3.07. The second kappa shape index (κ2) is 6.01. The van der Waals surface area contributed by atoms with Crippen LogP contribution in [0.4, 0.5) is 11.4 Å². The lowest BCUT2D eigenvalue weighted by Gasteiger charge is -2.01. The van der Waals surface area contributed by atoms with E-state index in [0.717, 1.165) is 28.0 Å². The van der Waals surface area contributed by atoms with Gasteiger partial charge < -0.3 is 9.72 Å². The molecule has 21 heavy (non-hydrogen) atoms. The van der Waals surface area contributed by atoms with E-state index in [4.69, 9.17) is 4.74 Å². The fourth-order valence-electron chi connectivity index (χ4n) is 2.10. The number of aromatic nitrogens is 1. The van der Waals surface area contributed by atoms with Crippen molar-refractivity contribution in [2.75, 3.05) is 6.61 Å². The fourth-order valence-corrected chi connectivity index (χ4v) is 2.38. The van der Waals surface area contributed by atoms with Crippen molar-refractivity contribution in [1.82, 2.24) is 4.98 Å². The molecule has 0 aliphatic heterocycles. The molecule has 4 nitrogen and oxygen atoms in total. The SMILES string of the molecule is CCOc1ccc(N=Nc2c(S)[nH]c3ccccc23)cc1.